The number of nitrogens with one attached hydrogen (secondary N) is 1. The number of carbonyl (C=O) groups excluding carboxylic acids is 1. The maximum absolute atomic E-state index is 12.7. The summed E-state index contributed by atoms with van der Waals surface area (Å²) in [5.41, 5.74) is 0.141. The maximum atomic E-state index is 12.7. The summed E-state index contributed by atoms with van der Waals surface area (Å²) in [6.45, 7) is 4.86. The van der Waals surface area contributed by atoms with Crippen LogP contribution < -0.4 is 5.32 Å². The lowest BCUT2D eigenvalue weighted by Crippen LogP contribution is -2.69. The first-order chi connectivity index (χ1) is 13.9. The van der Waals surface area contributed by atoms with Gasteiger partial charge in [0.1, 0.15) is 11.8 Å². The van der Waals surface area contributed by atoms with Crippen molar-refractivity contribution in [3.8, 4) is 0 Å². The average Bonchev–Trinajstić information content (AvgIpc) is 3.15. The standard InChI is InChI=1S/C21H29N5O3/c1-20(24-18(27)17-13-22-15-25(17)2)8-12-29-21(19(20)28)6-10-26(11-7-21)14-16-5-3-4-9-23-16/h3-5,9,13,15,19,28H,6-8,10-12,14H2,1-2H3,(H,24,27)/t19-,20+/m1/s1. The number of aliphatic hydroxyl groups excluding tert-OH is 1. The van der Waals surface area contributed by atoms with E-state index in [1.54, 1.807) is 17.9 Å². The maximum Gasteiger partial charge on any atom is 0.270 e. The molecule has 2 aromatic rings. The zero-order valence-corrected chi connectivity index (χ0v) is 17.0. The molecule has 4 rings (SSSR count). The predicted octanol–water partition coefficient (Wildman–Crippen LogP) is 1.12. The number of rotatable bonds is 4. The van der Waals surface area contributed by atoms with Gasteiger partial charge < -0.3 is 19.7 Å². The van der Waals surface area contributed by atoms with E-state index in [0.717, 1.165) is 38.2 Å². The van der Waals surface area contributed by atoms with Crippen molar-refractivity contribution in [2.75, 3.05) is 19.7 Å². The molecule has 2 aliphatic rings. The van der Waals surface area contributed by atoms with Crippen molar-refractivity contribution >= 4 is 5.91 Å². The van der Waals surface area contributed by atoms with Gasteiger partial charge >= 0.3 is 0 Å². The molecule has 4 heterocycles. The molecule has 2 aromatic heterocycles. The zero-order valence-electron chi connectivity index (χ0n) is 17.0. The Kier molecular flexibility index (Phi) is 5.42. The summed E-state index contributed by atoms with van der Waals surface area (Å²) in [4.78, 5) is 23.5. The first-order valence-corrected chi connectivity index (χ1v) is 10.1. The van der Waals surface area contributed by atoms with Gasteiger partial charge in [-0.1, -0.05) is 6.07 Å². The molecule has 0 saturated carbocycles. The highest BCUT2D eigenvalue weighted by Crippen LogP contribution is 2.40. The molecule has 0 unspecified atom stereocenters. The van der Waals surface area contributed by atoms with Crippen molar-refractivity contribution in [1.82, 2.24) is 24.8 Å². The lowest BCUT2D eigenvalue weighted by Gasteiger charge is -2.53. The van der Waals surface area contributed by atoms with Crippen molar-refractivity contribution in [3.05, 3.63) is 48.3 Å². The fraction of sp³-hybridized carbons (Fsp3) is 0.571. The van der Waals surface area contributed by atoms with Gasteiger partial charge in [0.05, 0.1) is 29.4 Å². The third-order valence-electron chi connectivity index (χ3n) is 6.38. The second-order valence-electron chi connectivity index (χ2n) is 8.42. The monoisotopic (exact) mass is 399 g/mol. The number of amides is 1. The van der Waals surface area contributed by atoms with Crippen LogP contribution in [-0.4, -0.2) is 67.4 Å². The molecule has 1 spiro atoms. The minimum Gasteiger partial charge on any atom is -0.388 e. The predicted molar refractivity (Wildman–Crippen MR) is 107 cm³/mol. The van der Waals surface area contributed by atoms with Gasteiger partial charge in [-0.2, -0.15) is 0 Å². The fourth-order valence-electron chi connectivity index (χ4n) is 4.52. The number of likely N-dealkylation sites (tertiary alicyclic amines) is 1. The van der Waals surface area contributed by atoms with Gasteiger partial charge in [0, 0.05) is 39.5 Å². The Bertz CT molecular complexity index is 847. The summed E-state index contributed by atoms with van der Waals surface area (Å²) in [6.07, 6.45) is 6.17. The Morgan fingerprint density at radius 3 is 2.79 bits per heavy atom. The van der Waals surface area contributed by atoms with E-state index in [1.165, 1.54) is 6.20 Å². The molecule has 0 aromatic carbocycles. The van der Waals surface area contributed by atoms with E-state index in [-0.39, 0.29) is 5.91 Å². The number of piperidine rings is 1. The molecule has 8 nitrogen and oxygen atoms in total. The van der Waals surface area contributed by atoms with E-state index in [1.807, 2.05) is 31.3 Å². The van der Waals surface area contributed by atoms with Gasteiger partial charge in [0.2, 0.25) is 0 Å². The SMILES string of the molecule is Cn1cncc1C(=O)N[C@@]1(C)CCOC2(CCN(Cc3ccccn3)CC2)[C@@H]1O. The Balaban J connectivity index is 1.42. The van der Waals surface area contributed by atoms with E-state index in [2.05, 4.69) is 20.2 Å². The number of imidazole rings is 1. The topological polar surface area (TPSA) is 92.5 Å². The first kappa shape index (κ1) is 20.0. The molecule has 2 saturated heterocycles. The largest absolute Gasteiger partial charge is 0.388 e. The summed E-state index contributed by atoms with van der Waals surface area (Å²) < 4.78 is 7.82. The molecule has 2 fully saturated rings. The molecule has 0 aliphatic carbocycles. The average molecular weight is 399 g/mol. The van der Waals surface area contributed by atoms with Gasteiger partial charge in [0.15, 0.2) is 0 Å². The van der Waals surface area contributed by atoms with E-state index in [9.17, 15) is 9.90 Å². The van der Waals surface area contributed by atoms with Gasteiger partial charge in [-0.25, -0.2) is 4.98 Å². The van der Waals surface area contributed by atoms with Crippen LogP contribution in [0, 0.1) is 0 Å². The van der Waals surface area contributed by atoms with Crippen molar-refractivity contribution in [2.45, 2.75) is 50.0 Å². The van der Waals surface area contributed by atoms with Gasteiger partial charge in [-0.05, 0) is 38.3 Å². The van der Waals surface area contributed by atoms with Crippen LogP contribution in [0.1, 0.15) is 42.4 Å². The molecule has 2 aliphatic heterocycles. The van der Waals surface area contributed by atoms with Crippen LogP contribution in [0.4, 0.5) is 0 Å². The van der Waals surface area contributed by atoms with Crippen LogP contribution in [-0.2, 0) is 18.3 Å². The van der Waals surface area contributed by atoms with Crippen LogP contribution >= 0.6 is 0 Å². The Morgan fingerprint density at radius 1 is 1.34 bits per heavy atom. The van der Waals surface area contributed by atoms with Crippen molar-refractivity contribution in [2.24, 2.45) is 7.05 Å². The molecule has 1 amide bonds. The molecular formula is C21H29N5O3. The Labute approximate surface area is 170 Å². The number of nitrogens with zero attached hydrogens (tertiary/aromatic N) is 4. The third kappa shape index (κ3) is 3.92. The highest BCUT2D eigenvalue weighted by atomic mass is 16.5. The third-order valence-corrected chi connectivity index (χ3v) is 6.38. The molecular weight excluding hydrogens is 370 g/mol. The van der Waals surface area contributed by atoms with Gasteiger partial charge in [-0.15, -0.1) is 0 Å². The van der Waals surface area contributed by atoms with Crippen molar-refractivity contribution in [1.29, 1.82) is 0 Å². The Hall–Kier alpha value is -2.29. The summed E-state index contributed by atoms with van der Waals surface area (Å²) in [5, 5.41) is 14.4. The lowest BCUT2D eigenvalue weighted by atomic mass is 9.73. The Morgan fingerprint density at radius 2 is 2.14 bits per heavy atom. The van der Waals surface area contributed by atoms with Crippen LogP contribution in [0.2, 0.25) is 0 Å². The number of aliphatic hydroxyl groups is 1. The number of ether oxygens (including phenoxy) is 1. The summed E-state index contributed by atoms with van der Waals surface area (Å²) in [6, 6.07) is 5.95. The molecule has 2 atom stereocenters. The summed E-state index contributed by atoms with van der Waals surface area (Å²) in [5.74, 6) is -0.226. The van der Waals surface area contributed by atoms with Gasteiger partial charge in [-0.3, -0.25) is 14.7 Å². The molecule has 8 heteroatoms. The fourth-order valence-corrected chi connectivity index (χ4v) is 4.52. The normalized spacial score (nSPS) is 27.1. The quantitative estimate of drug-likeness (QED) is 0.801. The lowest BCUT2D eigenvalue weighted by molar-refractivity contribution is -0.206. The van der Waals surface area contributed by atoms with E-state index in [4.69, 9.17) is 4.74 Å². The zero-order chi connectivity index (χ0) is 20.5. The summed E-state index contributed by atoms with van der Waals surface area (Å²) in [7, 11) is 1.78. The van der Waals surface area contributed by atoms with E-state index in [0.29, 0.717) is 18.7 Å². The van der Waals surface area contributed by atoms with Crippen LogP contribution in [0.15, 0.2) is 36.9 Å². The first-order valence-electron chi connectivity index (χ1n) is 10.1. The number of aromatic nitrogens is 3. The van der Waals surface area contributed by atoms with E-state index >= 15 is 0 Å². The molecule has 0 bridgehead atoms. The second kappa shape index (κ2) is 7.85. The highest BCUT2D eigenvalue weighted by Gasteiger charge is 2.53. The molecule has 2 N–H and O–H groups in total. The van der Waals surface area contributed by atoms with Gasteiger partial charge in [0.25, 0.3) is 5.91 Å². The smallest absolute Gasteiger partial charge is 0.270 e. The van der Waals surface area contributed by atoms with E-state index < -0.39 is 17.2 Å². The summed E-state index contributed by atoms with van der Waals surface area (Å²) >= 11 is 0. The highest BCUT2D eigenvalue weighted by molar-refractivity contribution is 5.92. The number of aryl methyl sites for hydroxylation is 1. The molecule has 0 radical (unpaired) electrons. The number of carbonyl (C=O) groups is 1. The van der Waals surface area contributed by atoms with Crippen molar-refractivity contribution in [3.63, 3.8) is 0 Å². The molecule has 29 heavy (non-hydrogen) atoms. The van der Waals surface area contributed by atoms with Crippen LogP contribution in [0.25, 0.3) is 0 Å². The van der Waals surface area contributed by atoms with Crippen molar-refractivity contribution < 1.29 is 14.6 Å². The second-order valence-corrected chi connectivity index (χ2v) is 8.42. The number of pyridine rings is 1. The van der Waals surface area contributed by atoms with Crippen LogP contribution in [0.3, 0.4) is 0 Å². The van der Waals surface area contributed by atoms with Crippen LogP contribution in [0.5, 0.6) is 0 Å². The number of hydrogen-bond acceptors (Lipinski definition) is 6. The number of hydrogen-bond donors (Lipinski definition) is 2. The minimum absolute atomic E-state index is 0.226. The molecule has 156 valence electrons. The minimum atomic E-state index is -0.780.